The van der Waals surface area contributed by atoms with E-state index in [1.165, 1.54) is 6.42 Å². The Morgan fingerprint density at radius 2 is 1.40 bits per heavy atom. The molecule has 0 amide bonds. The van der Waals surface area contributed by atoms with E-state index < -0.39 is 0 Å². The van der Waals surface area contributed by atoms with Crippen LogP contribution < -0.4 is 5.32 Å². The summed E-state index contributed by atoms with van der Waals surface area (Å²) in [6.07, 6.45) is 5.47. The standard InChI is InChI=1S/C24H19Cl2NO3/c25-16-11-6-12-17(26)18(16)19-20-21(28)14-9-4-5-10-15(14)22(29)23(20)30-24(19)27-13-7-2-1-3-8-13/h4-6,9-13,27H,1-3,7-8H2. The van der Waals surface area contributed by atoms with Gasteiger partial charge in [0.2, 0.25) is 11.7 Å². The lowest BCUT2D eigenvalue weighted by molar-refractivity contribution is 0.0961. The molecule has 0 unspecified atom stereocenters. The normalized spacial score (nSPS) is 16.3. The zero-order valence-corrected chi connectivity index (χ0v) is 17.6. The molecule has 2 aromatic carbocycles. The summed E-state index contributed by atoms with van der Waals surface area (Å²) in [6.45, 7) is 0. The van der Waals surface area contributed by atoms with E-state index in [0.717, 1.165) is 25.7 Å². The summed E-state index contributed by atoms with van der Waals surface area (Å²) in [4.78, 5) is 26.6. The Bertz CT molecular complexity index is 1150. The smallest absolute Gasteiger partial charge is 0.229 e. The lowest BCUT2D eigenvalue weighted by Gasteiger charge is -2.23. The van der Waals surface area contributed by atoms with E-state index in [-0.39, 0.29) is 28.9 Å². The van der Waals surface area contributed by atoms with Gasteiger partial charge in [-0.3, -0.25) is 9.59 Å². The van der Waals surface area contributed by atoms with Crippen LogP contribution >= 0.6 is 23.2 Å². The van der Waals surface area contributed by atoms with Crippen molar-refractivity contribution in [2.75, 3.05) is 5.32 Å². The fraction of sp³-hybridized carbons (Fsp3) is 0.250. The van der Waals surface area contributed by atoms with Gasteiger partial charge >= 0.3 is 0 Å². The van der Waals surface area contributed by atoms with E-state index in [0.29, 0.717) is 38.2 Å². The molecule has 1 heterocycles. The quantitative estimate of drug-likeness (QED) is 0.382. The van der Waals surface area contributed by atoms with E-state index in [1.807, 2.05) is 0 Å². The third-order valence-corrected chi connectivity index (χ3v) is 6.54. The van der Waals surface area contributed by atoms with Crippen LogP contribution in [0, 0.1) is 0 Å². The number of nitrogens with one attached hydrogen (secondary N) is 1. The van der Waals surface area contributed by atoms with E-state index in [1.54, 1.807) is 42.5 Å². The first-order chi connectivity index (χ1) is 14.6. The molecule has 4 nitrogen and oxygen atoms in total. The van der Waals surface area contributed by atoms with Gasteiger partial charge < -0.3 is 9.73 Å². The van der Waals surface area contributed by atoms with Crippen LogP contribution in [0.2, 0.25) is 10.0 Å². The summed E-state index contributed by atoms with van der Waals surface area (Å²) in [5.74, 6) is -0.132. The van der Waals surface area contributed by atoms with Gasteiger partial charge in [0.25, 0.3) is 0 Å². The lowest BCUT2D eigenvalue weighted by Crippen LogP contribution is -2.22. The van der Waals surface area contributed by atoms with Crippen molar-refractivity contribution in [3.8, 4) is 11.1 Å². The summed E-state index contributed by atoms with van der Waals surface area (Å²) in [6, 6.07) is 12.2. The van der Waals surface area contributed by atoms with E-state index in [2.05, 4.69) is 5.32 Å². The van der Waals surface area contributed by atoms with Gasteiger partial charge in [-0.15, -0.1) is 0 Å². The van der Waals surface area contributed by atoms with Crippen molar-refractivity contribution in [3.63, 3.8) is 0 Å². The van der Waals surface area contributed by atoms with Crippen LogP contribution in [-0.4, -0.2) is 17.6 Å². The lowest BCUT2D eigenvalue weighted by atomic mass is 9.85. The monoisotopic (exact) mass is 439 g/mol. The highest BCUT2D eigenvalue weighted by atomic mass is 35.5. The SMILES string of the molecule is O=C1c2ccccc2C(=O)c2c1oc(NC1CCCCC1)c2-c1c(Cl)cccc1Cl. The first-order valence-corrected chi connectivity index (χ1v) is 10.9. The molecule has 5 rings (SSSR count). The maximum atomic E-state index is 13.4. The molecule has 3 aromatic rings. The van der Waals surface area contributed by atoms with Gasteiger partial charge in [-0.2, -0.15) is 0 Å². The Morgan fingerprint density at radius 3 is 2.07 bits per heavy atom. The topological polar surface area (TPSA) is 59.3 Å². The number of ketones is 2. The molecule has 1 N–H and O–H groups in total. The van der Waals surface area contributed by atoms with Gasteiger partial charge in [0, 0.05) is 22.7 Å². The molecule has 1 fully saturated rings. The van der Waals surface area contributed by atoms with Crippen molar-refractivity contribution in [3.05, 3.63) is 75.0 Å². The van der Waals surface area contributed by atoms with Gasteiger partial charge in [0.15, 0.2) is 11.5 Å². The van der Waals surface area contributed by atoms with Crippen LogP contribution in [0.15, 0.2) is 46.9 Å². The van der Waals surface area contributed by atoms with Crippen molar-refractivity contribution >= 4 is 40.7 Å². The Kier molecular flexibility index (Phi) is 4.92. The van der Waals surface area contributed by atoms with Crippen molar-refractivity contribution in [2.45, 2.75) is 38.1 Å². The van der Waals surface area contributed by atoms with Gasteiger partial charge in [0.1, 0.15) is 0 Å². The van der Waals surface area contributed by atoms with Crippen LogP contribution in [-0.2, 0) is 0 Å². The Morgan fingerprint density at radius 1 is 0.767 bits per heavy atom. The zero-order valence-electron chi connectivity index (χ0n) is 16.1. The fourth-order valence-electron chi connectivity index (χ4n) is 4.45. The minimum Gasteiger partial charge on any atom is -0.436 e. The fourth-order valence-corrected chi connectivity index (χ4v) is 5.04. The molecule has 152 valence electrons. The van der Waals surface area contributed by atoms with E-state index in [9.17, 15) is 9.59 Å². The summed E-state index contributed by atoms with van der Waals surface area (Å²) in [7, 11) is 0. The van der Waals surface area contributed by atoms with E-state index in [4.69, 9.17) is 27.6 Å². The molecule has 6 heteroatoms. The molecule has 0 radical (unpaired) electrons. The predicted molar refractivity (Wildman–Crippen MR) is 118 cm³/mol. The van der Waals surface area contributed by atoms with Crippen LogP contribution in [0.3, 0.4) is 0 Å². The molecule has 0 aliphatic heterocycles. The number of hydrogen-bond acceptors (Lipinski definition) is 4. The van der Waals surface area contributed by atoms with Crippen molar-refractivity contribution in [1.82, 2.24) is 0 Å². The molecular formula is C24H19Cl2NO3. The highest BCUT2D eigenvalue weighted by molar-refractivity contribution is 6.40. The number of carbonyl (C=O) groups excluding carboxylic acids is 2. The predicted octanol–water partition coefficient (Wildman–Crippen LogP) is 6.77. The number of furan rings is 1. The summed E-state index contributed by atoms with van der Waals surface area (Å²) >= 11 is 13.0. The molecule has 1 aromatic heterocycles. The van der Waals surface area contributed by atoms with Gasteiger partial charge in [-0.25, -0.2) is 0 Å². The van der Waals surface area contributed by atoms with E-state index >= 15 is 0 Å². The summed E-state index contributed by atoms with van der Waals surface area (Å²) in [5, 5.41) is 4.24. The molecule has 0 saturated heterocycles. The van der Waals surface area contributed by atoms with Crippen molar-refractivity contribution in [1.29, 1.82) is 0 Å². The molecule has 2 aliphatic rings. The number of anilines is 1. The Balaban J connectivity index is 1.74. The average Bonchev–Trinajstić information content (AvgIpc) is 3.12. The highest BCUT2D eigenvalue weighted by Crippen LogP contribution is 2.47. The first-order valence-electron chi connectivity index (χ1n) is 10.1. The van der Waals surface area contributed by atoms with Crippen LogP contribution in [0.4, 0.5) is 5.88 Å². The van der Waals surface area contributed by atoms with Crippen LogP contribution in [0.25, 0.3) is 11.1 Å². The molecule has 0 bridgehead atoms. The second kappa shape index (κ2) is 7.60. The van der Waals surface area contributed by atoms with Gasteiger partial charge in [-0.1, -0.05) is 72.8 Å². The summed E-state index contributed by atoms with van der Waals surface area (Å²) < 4.78 is 6.05. The highest BCUT2D eigenvalue weighted by Gasteiger charge is 2.39. The van der Waals surface area contributed by atoms with Crippen LogP contribution in [0.1, 0.15) is 64.1 Å². The number of fused-ring (bicyclic) bond motifs is 2. The van der Waals surface area contributed by atoms with Crippen LogP contribution in [0.5, 0.6) is 0 Å². The van der Waals surface area contributed by atoms with Gasteiger partial charge in [0.05, 0.1) is 21.2 Å². The number of hydrogen-bond donors (Lipinski definition) is 1. The maximum Gasteiger partial charge on any atom is 0.229 e. The molecule has 30 heavy (non-hydrogen) atoms. The molecule has 0 spiro atoms. The molecule has 0 atom stereocenters. The second-order valence-electron chi connectivity index (χ2n) is 7.79. The van der Waals surface area contributed by atoms with Crippen molar-refractivity contribution < 1.29 is 14.0 Å². The molecule has 2 aliphatic carbocycles. The molecule has 1 saturated carbocycles. The Hall–Kier alpha value is -2.56. The number of benzene rings is 2. The third kappa shape index (κ3) is 3.06. The zero-order chi connectivity index (χ0) is 20.8. The third-order valence-electron chi connectivity index (χ3n) is 5.91. The number of carbonyl (C=O) groups is 2. The molecular weight excluding hydrogens is 421 g/mol. The second-order valence-corrected chi connectivity index (χ2v) is 8.60. The maximum absolute atomic E-state index is 13.4. The minimum absolute atomic E-state index is 0.0444. The largest absolute Gasteiger partial charge is 0.436 e. The van der Waals surface area contributed by atoms with Crippen molar-refractivity contribution in [2.24, 2.45) is 0 Å². The minimum atomic E-state index is -0.304. The number of halogens is 2. The average molecular weight is 440 g/mol. The Labute approximate surface area is 184 Å². The number of rotatable bonds is 3. The van der Waals surface area contributed by atoms with Gasteiger partial charge in [-0.05, 0) is 25.0 Å². The summed E-state index contributed by atoms with van der Waals surface area (Å²) in [5.41, 5.74) is 1.92. The first kappa shape index (κ1) is 19.4.